The van der Waals surface area contributed by atoms with Gasteiger partial charge in [0, 0.05) is 16.5 Å². The van der Waals surface area contributed by atoms with E-state index in [0.717, 1.165) is 27.6 Å². The number of rotatable bonds is 6. The van der Waals surface area contributed by atoms with E-state index < -0.39 is 0 Å². The van der Waals surface area contributed by atoms with Crippen molar-refractivity contribution < 1.29 is 9.90 Å². The molecule has 5 nitrogen and oxygen atoms in total. The van der Waals surface area contributed by atoms with Gasteiger partial charge in [-0.15, -0.1) is 0 Å². The van der Waals surface area contributed by atoms with E-state index in [-0.39, 0.29) is 30.7 Å². The second-order valence-electron chi connectivity index (χ2n) is 8.31. The van der Waals surface area contributed by atoms with Gasteiger partial charge in [0.05, 0.1) is 12.3 Å². The molecule has 4 aromatic rings. The van der Waals surface area contributed by atoms with Crippen molar-refractivity contribution in [1.29, 1.82) is 0 Å². The molecule has 0 atom stereocenters. The molecule has 0 aliphatic rings. The first-order chi connectivity index (χ1) is 15.9. The molecule has 0 spiro atoms. The highest BCUT2D eigenvalue weighted by Gasteiger charge is 2.16. The number of nitrogens with one attached hydrogen (secondary N) is 1. The van der Waals surface area contributed by atoms with Gasteiger partial charge in [-0.3, -0.25) is 14.2 Å². The Morgan fingerprint density at radius 2 is 1.70 bits per heavy atom. The molecule has 0 saturated heterocycles. The Morgan fingerprint density at radius 1 is 0.970 bits per heavy atom. The van der Waals surface area contributed by atoms with E-state index in [1.807, 2.05) is 74.5 Å². The van der Waals surface area contributed by atoms with Gasteiger partial charge < -0.3 is 10.4 Å². The second-order valence-corrected chi connectivity index (χ2v) is 8.75. The van der Waals surface area contributed by atoms with Crippen LogP contribution in [0.5, 0.6) is 0 Å². The lowest BCUT2D eigenvalue weighted by molar-refractivity contribution is -0.122. The standard InChI is InChI=1S/C27H25ClN2O3/c1-17(2)29-26(32)15-30-25(22-7-4-8-23(28)12-22)14-21-10-9-20(13-24(21)27(30)33)19-6-3-5-18(11-19)16-31/h3-14,17,31H,15-16H2,1-2H3,(H,29,32). The number of amides is 1. The first-order valence-electron chi connectivity index (χ1n) is 10.8. The quantitative estimate of drug-likeness (QED) is 0.425. The summed E-state index contributed by atoms with van der Waals surface area (Å²) in [5.41, 5.74) is 3.71. The maximum atomic E-state index is 13.6. The molecule has 0 fully saturated rings. The van der Waals surface area contributed by atoms with E-state index in [2.05, 4.69) is 5.32 Å². The SMILES string of the molecule is CC(C)NC(=O)Cn1c(-c2cccc(Cl)c2)cc2ccc(-c3cccc(CO)c3)cc2c1=O. The number of aliphatic hydroxyl groups excluding tert-OH is 1. The lowest BCUT2D eigenvalue weighted by Gasteiger charge is -2.16. The van der Waals surface area contributed by atoms with E-state index in [1.165, 1.54) is 4.57 Å². The van der Waals surface area contributed by atoms with Gasteiger partial charge in [0.1, 0.15) is 6.54 Å². The van der Waals surface area contributed by atoms with Crippen LogP contribution in [0.3, 0.4) is 0 Å². The normalized spacial score (nSPS) is 11.2. The van der Waals surface area contributed by atoms with Crippen LogP contribution in [0.1, 0.15) is 19.4 Å². The molecule has 33 heavy (non-hydrogen) atoms. The number of pyridine rings is 1. The molecule has 0 saturated carbocycles. The predicted octanol–water partition coefficient (Wildman–Crippen LogP) is 5.01. The number of hydrogen-bond acceptors (Lipinski definition) is 3. The summed E-state index contributed by atoms with van der Waals surface area (Å²) >= 11 is 6.21. The smallest absolute Gasteiger partial charge is 0.259 e. The van der Waals surface area contributed by atoms with E-state index >= 15 is 0 Å². The van der Waals surface area contributed by atoms with Crippen molar-refractivity contribution in [1.82, 2.24) is 9.88 Å². The molecule has 3 aromatic carbocycles. The summed E-state index contributed by atoms with van der Waals surface area (Å²) in [5, 5.41) is 14.2. The van der Waals surface area contributed by atoms with Gasteiger partial charge in [-0.25, -0.2) is 0 Å². The number of aliphatic hydroxyl groups is 1. The Labute approximate surface area is 197 Å². The van der Waals surface area contributed by atoms with Gasteiger partial charge in [0.25, 0.3) is 5.56 Å². The highest BCUT2D eigenvalue weighted by atomic mass is 35.5. The molecule has 0 unspecified atom stereocenters. The number of aromatic nitrogens is 1. The van der Waals surface area contributed by atoms with Crippen molar-refractivity contribution in [2.24, 2.45) is 0 Å². The molecule has 0 aliphatic carbocycles. The zero-order valence-corrected chi connectivity index (χ0v) is 19.3. The molecule has 1 aromatic heterocycles. The molecular formula is C27H25ClN2O3. The average Bonchev–Trinajstić information content (AvgIpc) is 2.80. The van der Waals surface area contributed by atoms with Gasteiger partial charge in [0.15, 0.2) is 0 Å². The number of carbonyl (C=O) groups excluding carboxylic acids is 1. The van der Waals surface area contributed by atoms with E-state index in [1.54, 1.807) is 12.1 Å². The summed E-state index contributed by atoms with van der Waals surface area (Å²) in [6.07, 6.45) is 0. The number of fused-ring (bicyclic) bond motifs is 1. The Hall–Kier alpha value is -3.41. The fraction of sp³-hybridized carbons (Fsp3) is 0.185. The summed E-state index contributed by atoms with van der Waals surface area (Å²) in [5.74, 6) is -0.235. The van der Waals surface area contributed by atoms with Crippen molar-refractivity contribution in [2.75, 3.05) is 0 Å². The summed E-state index contributed by atoms with van der Waals surface area (Å²) in [6.45, 7) is 3.61. The monoisotopic (exact) mass is 460 g/mol. The predicted molar refractivity (Wildman–Crippen MR) is 133 cm³/mol. The maximum absolute atomic E-state index is 13.6. The molecule has 168 valence electrons. The number of hydrogen-bond donors (Lipinski definition) is 2. The van der Waals surface area contributed by atoms with Crippen molar-refractivity contribution in [2.45, 2.75) is 33.0 Å². The Kier molecular flexibility index (Phi) is 6.63. The minimum atomic E-state index is -0.249. The van der Waals surface area contributed by atoms with Crippen molar-refractivity contribution in [3.8, 4) is 22.4 Å². The van der Waals surface area contributed by atoms with Gasteiger partial charge >= 0.3 is 0 Å². The van der Waals surface area contributed by atoms with Crippen LogP contribution in [0.25, 0.3) is 33.2 Å². The second kappa shape index (κ2) is 9.61. The molecular weight excluding hydrogens is 436 g/mol. The van der Waals surface area contributed by atoms with Crippen LogP contribution in [0.2, 0.25) is 5.02 Å². The average molecular weight is 461 g/mol. The number of carbonyl (C=O) groups is 1. The van der Waals surface area contributed by atoms with Crippen molar-refractivity contribution in [3.05, 3.63) is 93.7 Å². The summed E-state index contributed by atoms with van der Waals surface area (Å²) in [6, 6.07) is 22.4. The molecule has 6 heteroatoms. The minimum absolute atomic E-state index is 0.0336. The lowest BCUT2D eigenvalue weighted by Crippen LogP contribution is -2.36. The van der Waals surface area contributed by atoms with E-state index in [4.69, 9.17) is 11.6 Å². The van der Waals surface area contributed by atoms with Crippen LogP contribution < -0.4 is 10.9 Å². The molecule has 0 radical (unpaired) electrons. The molecule has 1 heterocycles. The Balaban J connectivity index is 1.90. The van der Waals surface area contributed by atoms with E-state index in [0.29, 0.717) is 16.1 Å². The van der Waals surface area contributed by atoms with Crippen molar-refractivity contribution in [3.63, 3.8) is 0 Å². The van der Waals surface area contributed by atoms with Gasteiger partial charge in [-0.05, 0) is 71.8 Å². The number of nitrogens with zero attached hydrogens (tertiary/aromatic N) is 1. The van der Waals surface area contributed by atoms with Crippen LogP contribution in [-0.4, -0.2) is 21.6 Å². The third-order valence-corrected chi connectivity index (χ3v) is 5.66. The minimum Gasteiger partial charge on any atom is -0.392 e. The van der Waals surface area contributed by atoms with Crippen LogP contribution in [0.15, 0.2) is 77.6 Å². The third-order valence-electron chi connectivity index (χ3n) is 5.43. The van der Waals surface area contributed by atoms with Crippen molar-refractivity contribution >= 4 is 28.3 Å². The lowest BCUT2D eigenvalue weighted by atomic mass is 9.99. The first-order valence-corrected chi connectivity index (χ1v) is 11.2. The zero-order chi connectivity index (χ0) is 23.5. The zero-order valence-electron chi connectivity index (χ0n) is 18.5. The molecule has 2 N–H and O–H groups in total. The molecule has 0 bridgehead atoms. The maximum Gasteiger partial charge on any atom is 0.259 e. The summed E-state index contributed by atoms with van der Waals surface area (Å²) < 4.78 is 1.50. The van der Waals surface area contributed by atoms with E-state index in [9.17, 15) is 14.7 Å². The topological polar surface area (TPSA) is 71.3 Å². The highest BCUT2D eigenvalue weighted by molar-refractivity contribution is 6.30. The van der Waals surface area contributed by atoms with Gasteiger partial charge in [-0.1, -0.05) is 54.1 Å². The molecule has 0 aliphatic heterocycles. The van der Waals surface area contributed by atoms with Crippen LogP contribution in [0, 0.1) is 0 Å². The highest BCUT2D eigenvalue weighted by Crippen LogP contribution is 2.28. The van der Waals surface area contributed by atoms with Gasteiger partial charge in [-0.2, -0.15) is 0 Å². The molecule has 4 rings (SSSR count). The number of benzene rings is 3. The Morgan fingerprint density at radius 3 is 2.42 bits per heavy atom. The summed E-state index contributed by atoms with van der Waals surface area (Å²) in [4.78, 5) is 26.2. The number of halogens is 1. The largest absolute Gasteiger partial charge is 0.392 e. The molecule has 1 amide bonds. The van der Waals surface area contributed by atoms with Crippen LogP contribution in [-0.2, 0) is 17.9 Å². The third kappa shape index (κ3) is 5.00. The fourth-order valence-electron chi connectivity index (χ4n) is 3.93. The fourth-order valence-corrected chi connectivity index (χ4v) is 4.12. The first kappa shape index (κ1) is 22.8. The Bertz CT molecular complexity index is 1390. The van der Waals surface area contributed by atoms with Crippen LogP contribution >= 0.6 is 11.6 Å². The summed E-state index contributed by atoms with van der Waals surface area (Å²) in [7, 11) is 0. The van der Waals surface area contributed by atoms with Gasteiger partial charge in [0.2, 0.25) is 5.91 Å². The van der Waals surface area contributed by atoms with Crippen LogP contribution in [0.4, 0.5) is 0 Å².